The van der Waals surface area contributed by atoms with Crippen LogP contribution < -0.4 is 10.2 Å². The molecule has 0 radical (unpaired) electrons. The van der Waals surface area contributed by atoms with Gasteiger partial charge in [-0.2, -0.15) is 0 Å². The van der Waals surface area contributed by atoms with E-state index in [4.69, 9.17) is 0 Å². The van der Waals surface area contributed by atoms with Crippen molar-refractivity contribution in [3.63, 3.8) is 0 Å². The monoisotopic (exact) mass is 359 g/mol. The molecule has 1 aromatic heterocycles. The van der Waals surface area contributed by atoms with Gasteiger partial charge >= 0.3 is 0 Å². The number of amides is 1. The van der Waals surface area contributed by atoms with Crippen LogP contribution >= 0.6 is 0 Å². The van der Waals surface area contributed by atoms with Crippen LogP contribution in [-0.4, -0.2) is 23.2 Å². The highest BCUT2D eigenvalue weighted by Gasteiger charge is 2.16. The van der Waals surface area contributed by atoms with Crippen LogP contribution in [-0.2, 0) is 0 Å². The molecule has 3 rings (SSSR count). The SMILES string of the molecule is CCN(C(=O)c1cncc(Nc2ccc(C(C)=O)cc2)c1)c1ccccc1. The van der Waals surface area contributed by atoms with E-state index in [0.29, 0.717) is 23.4 Å². The number of Topliss-reactive ketones (excluding diaryl/α,β-unsaturated/α-hetero) is 1. The lowest BCUT2D eigenvalue weighted by molar-refractivity contribution is 0.0985. The molecule has 3 aromatic rings. The van der Waals surface area contributed by atoms with Crippen molar-refractivity contribution in [3.8, 4) is 0 Å². The Hall–Kier alpha value is -3.47. The number of carbonyl (C=O) groups is 2. The first-order valence-corrected chi connectivity index (χ1v) is 8.78. The molecule has 0 saturated carbocycles. The molecule has 0 unspecified atom stereocenters. The quantitative estimate of drug-likeness (QED) is 0.648. The van der Waals surface area contributed by atoms with Gasteiger partial charge in [0.15, 0.2) is 5.78 Å². The molecule has 5 nitrogen and oxygen atoms in total. The second-order valence-corrected chi connectivity index (χ2v) is 6.11. The van der Waals surface area contributed by atoms with Crippen LogP contribution in [0.15, 0.2) is 73.1 Å². The number of benzene rings is 2. The number of nitrogens with one attached hydrogen (secondary N) is 1. The van der Waals surface area contributed by atoms with Crippen LogP contribution in [0.4, 0.5) is 17.1 Å². The highest BCUT2D eigenvalue weighted by molar-refractivity contribution is 6.06. The number of carbonyl (C=O) groups excluding carboxylic acids is 2. The van der Waals surface area contributed by atoms with Crippen LogP contribution in [0.2, 0.25) is 0 Å². The molecule has 0 spiro atoms. The molecule has 0 aliphatic heterocycles. The van der Waals surface area contributed by atoms with Crippen molar-refractivity contribution in [2.24, 2.45) is 0 Å². The van der Waals surface area contributed by atoms with Gasteiger partial charge in [0, 0.05) is 29.7 Å². The average Bonchev–Trinajstić information content (AvgIpc) is 2.70. The molecule has 0 atom stereocenters. The van der Waals surface area contributed by atoms with E-state index in [1.165, 1.54) is 6.92 Å². The number of rotatable bonds is 6. The highest BCUT2D eigenvalue weighted by atomic mass is 16.2. The maximum atomic E-state index is 12.9. The Morgan fingerprint density at radius 1 is 0.926 bits per heavy atom. The molecular weight excluding hydrogens is 338 g/mol. The zero-order valence-electron chi connectivity index (χ0n) is 15.3. The number of hydrogen-bond acceptors (Lipinski definition) is 4. The highest BCUT2D eigenvalue weighted by Crippen LogP contribution is 2.20. The minimum absolute atomic E-state index is 0.0244. The van der Waals surface area contributed by atoms with Crippen molar-refractivity contribution in [1.29, 1.82) is 0 Å². The summed E-state index contributed by atoms with van der Waals surface area (Å²) in [6.45, 7) is 4.04. The summed E-state index contributed by atoms with van der Waals surface area (Å²) in [5, 5.41) is 3.22. The molecule has 1 amide bonds. The Morgan fingerprint density at radius 2 is 1.63 bits per heavy atom. The number of anilines is 3. The van der Waals surface area contributed by atoms with Crippen molar-refractivity contribution >= 4 is 28.8 Å². The minimum Gasteiger partial charge on any atom is -0.354 e. The molecule has 0 bridgehead atoms. The van der Waals surface area contributed by atoms with Crippen molar-refractivity contribution in [2.45, 2.75) is 13.8 Å². The Kier molecular flexibility index (Phi) is 5.61. The van der Waals surface area contributed by atoms with E-state index in [-0.39, 0.29) is 11.7 Å². The molecule has 1 heterocycles. The summed E-state index contributed by atoms with van der Waals surface area (Å²) >= 11 is 0. The van der Waals surface area contributed by atoms with Gasteiger partial charge < -0.3 is 10.2 Å². The lowest BCUT2D eigenvalue weighted by atomic mass is 10.1. The summed E-state index contributed by atoms with van der Waals surface area (Å²) in [6.07, 6.45) is 3.23. The van der Waals surface area contributed by atoms with E-state index in [2.05, 4.69) is 10.3 Å². The number of aromatic nitrogens is 1. The second-order valence-electron chi connectivity index (χ2n) is 6.11. The van der Waals surface area contributed by atoms with Gasteiger partial charge in [-0.15, -0.1) is 0 Å². The predicted octanol–water partition coefficient (Wildman–Crippen LogP) is 4.69. The van der Waals surface area contributed by atoms with Gasteiger partial charge in [0.05, 0.1) is 17.4 Å². The van der Waals surface area contributed by atoms with Crippen LogP contribution in [0, 0.1) is 0 Å². The van der Waals surface area contributed by atoms with Gasteiger partial charge in [-0.3, -0.25) is 14.6 Å². The van der Waals surface area contributed by atoms with Gasteiger partial charge in [0.25, 0.3) is 5.91 Å². The smallest absolute Gasteiger partial charge is 0.259 e. The van der Waals surface area contributed by atoms with Gasteiger partial charge in [0.1, 0.15) is 0 Å². The van der Waals surface area contributed by atoms with Crippen molar-refractivity contribution < 1.29 is 9.59 Å². The van der Waals surface area contributed by atoms with E-state index in [1.807, 2.05) is 49.4 Å². The maximum absolute atomic E-state index is 12.9. The summed E-state index contributed by atoms with van der Waals surface area (Å²) in [4.78, 5) is 30.2. The Bertz CT molecular complexity index is 937. The lowest BCUT2D eigenvalue weighted by Gasteiger charge is -2.21. The molecule has 0 saturated heterocycles. The summed E-state index contributed by atoms with van der Waals surface area (Å²) in [5.74, 6) is -0.0804. The number of hydrogen-bond donors (Lipinski definition) is 1. The van der Waals surface area contributed by atoms with E-state index < -0.39 is 0 Å². The molecule has 0 aliphatic rings. The topological polar surface area (TPSA) is 62.3 Å². The van der Waals surface area contributed by atoms with E-state index in [1.54, 1.807) is 35.5 Å². The standard InChI is InChI=1S/C22H21N3O2/c1-3-25(21-7-5-4-6-8-21)22(27)18-13-20(15-23-14-18)24-19-11-9-17(10-12-19)16(2)26/h4-15,24H,3H2,1-2H3. The van der Waals surface area contributed by atoms with Crippen molar-refractivity contribution in [1.82, 2.24) is 4.98 Å². The largest absolute Gasteiger partial charge is 0.354 e. The Balaban J connectivity index is 1.80. The summed E-state index contributed by atoms with van der Waals surface area (Å²) in [5.41, 5.74) is 3.54. The molecule has 27 heavy (non-hydrogen) atoms. The number of nitrogens with zero attached hydrogens (tertiary/aromatic N) is 2. The Labute approximate surface area is 158 Å². The molecule has 136 valence electrons. The second kappa shape index (κ2) is 8.27. The third-order valence-corrected chi connectivity index (χ3v) is 4.19. The number of pyridine rings is 1. The third kappa shape index (κ3) is 4.39. The fourth-order valence-corrected chi connectivity index (χ4v) is 2.79. The predicted molar refractivity (Wildman–Crippen MR) is 108 cm³/mol. The molecule has 0 fully saturated rings. The molecule has 0 aliphatic carbocycles. The van der Waals surface area contributed by atoms with Gasteiger partial charge in [-0.05, 0) is 56.3 Å². The minimum atomic E-state index is -0.105. The summed E-state index contributed by atoms with van der Waals surface area (Å²) in [7, 11) is 0. The average molecular weight is 359 g/mol. The Morgan fingerprint density at radius 3 is 2.26 bits per heavy atom. The summed E-state index contributed by atoms with van der Waals surface area (Å²) in [6, 6.07) is 18.5. The molecule has 5 heteroatoms. The third-order valence-electron chi connectivity index (χ3n) is 4.19. The number of para-hydroxylation sites is 1. The van der Waals surface area contributed by atoms with Crippen LogP contribution in [0.1, 0.15) is 34.6 Å². The van der Waals surface area contributed by atoms with E-state index in [0.717, 1.165) is 11.4 Å². The van der Waals surface area contributed by atoms with E-state index in [9.17, 15) is 9.59 Å². The fraction of sp³-hybridized carbons (Fsp3) is 0.136. The molecule has 1 N–H and O–H groups in total. The normalized spacial score (nSPS) is 10.3. The van der Waals surface area contributed by atoms with Crippen LogP contribution in [0.3, 0.4) is 0 Å². The first kappa shape index (κ1) is 18.3. The van der Waals surface area contributed by atoms with Gasteiger partial charge in [-0.25, -0.2) is 0 Å². The zero-order valence-corrected chi connectivity index (χ0v) is 15.3. The molecule has 2 aromatic carbocycles. The van der Waals surface area contributed by atoms with Crippen molar-refractivity contribution in [3.05, 3.63) is 84.2 Å². The molecular formula is C22H21N3O2. The van der Waals surface area contributed by atoms with Gasteiger partial charge in [-0.1, -0.05) is 18.2 Å². The number of ketones is 1. The first-order valence-electron chi connectivity index (χ1n) is 8.78. The fourth-order valence-electron chi connectivity index (χ4n) is 2.79. The van der Waals surface area contributed by atoms with Crippen molar-refractivity contribution in [2.75, 3.05) is 16.8 Å². The first-order chi connectivity index (χ1) is 13.1. The maximum Gasteiger partial charge on any atom is 0.259 e. The van der Waals surface area contributed by atoms with E-state index >= 15 is 0 Å². The van der Waals surface area contributed by atoms with Gasteiger partial charge in [0.2, 0.25) is 0 Å². The van der Waals surface area contributed by atoms with Crippen LogP contribution in [0.5, 0.6) is 0 Å². The zero-order chi connectivity index (χ0) is 19.2. The summed E-state index contributed by atoms with van der Waals surface area (Å²) < 4.78 is 0. The lowest BCUT2D eigenvalue weighted by Crippen LogP contribution is -2.30. The van der Waals surface area contributed by atoms with Crippen LogP contribution in [0.25, 0.3) is 0 Å².